The van der Waals surface area contributed by atoms with Crippen LogP contribution in [0.2, 0.25) is 0 Å². The van der Waals surface area contributed by atoms with E-state index in [9.17, 15) is 0 Å². The van der Waals surface area contributed by atoms with Crippen molar-refractivity contribution >= 4 is 21.7 Å². The van der Waals surface area contributed by atoms with Crippen molar-refractivity contribution in [1.29, 1.82) is 0 Å². The van der Waals surface area contributed by atoms with Crippen LogP contribution in [0, 0.1) is 0 Å². The van der Waals surface area contributed by atoms with Crippen LogP contribution in [0.15, 0.2) is 17.0 Å². The molecule has 0 radical (unpaired) electrons. The highest BCUT2D eigenvalue weighted by Gasteiger charge is 2.02. The molecule has 0 aromatic carbocycles. The first-order chi connectivity index (χ1) is 6.24. The zero-order chi connectivity index (χ0) is 9.68. The van der Waals surface area contributed by atoms with Crippen LogP contribution in [0.1, 0.15) is 0 Å². The number of rotatable bonds is 4. The summed E-state index contributed by atoms with van der Waals surface area (Å²) in [4.78, 5) is 10.3. The molecule has 1 aromatic heterocycles. The lowest BCUT2D eigenvalue weighted by Gasteiger charge is -2.16. The molecule has 72 valence electrons. The Morgan fingerprint density at radius 1 is 1.54 bits per heavy atom. The van der Waals surface area contributed by atoms with Gasteiger partial charge in [0.15, 0.2) is 0 Å². The van der Waals surface area contributed by atoms with Crippen LogP contribution in [0.4, 0.5) is 5.82 Å². The summed E-state index contributed by atoms with van der Waals surface area (Å²) < 4.78 is 5.71. The van der Waals surface area contributed by atoms with Gasteiger partial charge >= 0.3 is 0 Å². The van der Waals surface area contributed by atoms with Gasteiger partial charge in [-0.05, 0) is 15.9 Å². The second-order valence-electron chi connectivity index (χ2n) is 2.61. The Bertz CT molecular complexity index is 269. The van der Waals surface area contributed by atoms with Gasteiger partial charge in [0, 0.05) is 20.7 Å². The van der Waals surface area contributed by atoms with E-state index in [0.717, 1.165) is 17.0 Å². The van der Waals surface area contributed by atoms with Crippen LogP contribution >= 0.6 is 15.9 Å². The Kier molecular flexibility index (Phi) is 4.11. The van der Waals surface area contributed by atoms with E-state index >= 15 is 0 Å². The first kappa shape index (κ1) is 10.4. The lowest BCUT2D eigenvalue weighted by atomic mass is 10.5. The number of hydrogen-bond donors (Lipinski definition) is 0. The Morgan fingerprint density at radius 3 is 2.92 bits per heavy atom. The first-order valence-corrected chi connectivity index (χ1v) is 4.71. The molecule has 0 aliphatic heterocycles. The highest BCUT2D eigenvalue weighted by Crippen LogP contribution is 2.10. The number of anilines is 1. The van der Waals surface area contributed by atoms with Crippen molar-refractivity contribution in [3.8, 4) is 0 Å². The van der Waals surface area contributed by atoms with Gasteiger partial charge in [0.05, 0.1) is 19.0 Å². The van der Waals surface area contributed by atoms with Gasteiger partial charge in [-0.25, -0.2) is 4.98 Å². The second kappa shape index (κ2) is 5.14. The van der Waals surface area contributed by atoms with Crippen LogP contribution in [0.25, 0.3) is 0 Å². The molecular weight excluding hydrogens is 234 g/mol. The quantitative estimate of drug-likeness (QED) is 0.803. The van der Waals surface area contributed by atoms with Crippen LogP contribution < -0.4 is 4.90 Å². The molecule has 1 rings (SSSR count). The fraction of sp³-hybridized carbons (Fsp3) is 0.500. The van der Waals surface area contributed by atoms with E-state index < -0.39 is 0 Å². The van der Waals surface area contributed by atoms with Crippen molar-refractivity contribution in [3.05, 3.63) is 17.0 Å². The van der Waals surface area contributed by atoms with Crippen LogP contribution in [-0.4, -0.2) is 37.3 Å². The molecule has 0 unspecified atom stereocenters. The molecule has 1 heterocycles. The molecule has 0 saturated carbocycles. The minimum Gasteiger partial charge on any atom is -0.383 e. The topological polar surface area (TPSA) is 38.2 Å². The van der Waals surface area contributed by atoms with Crippen molar-refractivity contribution in [2.24, 2.45) is 0 Å². The SMILES string of the molecule is COCCN(C)c1cncc(Br)n1. The average molecular weight is 246 g/mol. The summed E-state index contributed by atoms with van der Waals surface area (Å²) in [5.74, 6) is 0.839. The van der Waals surface area contributed by atoms with E-state index in [1.165, 1.54) is 0 Å². The van der Waals surface area contributed by atoms with Crippen molar-refractivity contribution in [1.82, 2.24) is 9.97 Å². The van der Waals surface area contributed by atoms with E-state index in [1.54, 1.807) is 19.5 Å². The molecule has 0 N–H and O–H groups in total. The molecule has 0 fully saturated rings. The Labute approximate surface area is 86.1 Å². The smallest absolute Gasteiger partial charge is 0.148 e. The predicted molar refractivity (Wildman–Crippen MR) is 54.9 cm³/mol. The fourth-order valence-electron chi connectivity index (χ4n) is 0.859. The number of likely N-dealkylation sites (N-methyl/N-ethyl adjacent to an activating group) is 1. The lowest BCUT2D eigenvalue weighted by Crippen LogP contribution is -2.23. The van der Waals surface area contributed by atoms with Gasteiger partial charge in [-0.3, -0.25) is 4.98 Å². The van der Waals surface area contributed by atoms with E-state index in [-0.39, 0.29) is 0 Å². The zero-order valence-corrected chi connectivity index (χ0v) is 9.28. The zero-order valence-electron chi connectivity index (χ0n) is 7.70. The van der Waals surface area contributed by atoms with Crippen LogP contribution in [0.3, 0.4) is 0 Å². The summed E-state index contributed by atoms with van der Waals surface area (Å²) in [5.41, 5.74) is 0. The minimum atomic E-state index is 0.685. The molecule has 5 heteroatoms. The maximum absolute atomic E-state index is 4.96. The summed E-state index contributed by atoms with van der Waals surface area (Å²) in [7, 11) is 3.63. The summed E-state index contributed by atoms with van der Waals surface area (Å²) in [6.07, 6.45) is 3.38. The molecule has 0 atom stereocenters. The molecule has 0 amide bonds. The fourth-order valence-corrected chi connectivity index (χ4v) is 1.16. The third kappa shape index (κ3) is 3.28. The van der Waals surface area contributed by atoms with E-state index in [2.05, 4.69) is 25.9 Å². The summed E-state index contributed by atoms with van der Waals surface area (Å²) in [6, 6.07) is 0. The maximum Gasteiger partial charge on any atom is 0.148 e. The molecule has 0 aliphatic rings. The number of nitrogens with zero attached hydrogens (tertiary/aromatic N) is 3. The molecule has 1 aromatic rings. The predicted octanol–water partition coefficient (Wildman–Crippen LogP) is 1.32. The molecular formula is C8H12BrN3O. The van der Waals surface area contributed by atoms with Crippen molar-refractivity contribution in [3.63, 3.8) is 0 Å². The highest BCUT2D eigenvalue weighted by molar-refractivity contribution is 9.10. The van der Waals surface area contributed by atoms with Gasteiger partial charge in [-0.15, -0.1) is 0 Å². The van der Waals surface area contributed by atoms with Crippen LogP contribution in [-0.2, 0) is 4.74 Å². The standard InChI is InChI=1S/C8H12BrN3O/c1-12(3-4-13-2)8-6-10-5-7(9)11-8/h5-6H,3-4H2,1-2H3. The Hall–Kier alpha value is -0.680. The Morgan fingerprint density at radius 2 is 2.31 bits per heavy atom. The number of halogens is 1. The number of ether oxygens (including phenoxy) is 1. The third-order valence-electron chi connectivity index (χ3n) is 1.61. The number of methoxy groups -OCH3 is 1. The van der Waals surface area contributed by atoms with E-state index in [1.807, 2.05) is 11.9 Å². The third-order valence-corrected chi connectivity index (χ3v) is 2.00. The van der Waals surface area contributed by atoms with E-state index in [0.29, 0.717) is 6.61 Å². The van der Waals surface area contributed by atoms with Crippen molar-refractivity contribution < 1.29 is 4.74 Å². The lowest BCUT2D eigenvalue weighted by molar-refractivity contribution is 0.206. The normalized spacial score (nSPS) is 10.1. The molecule has 13 heavy (non-hydrogen) atoms. The van der Waals surface area contributed by atoms with Gasteiger partial charge in [-0.1, -0.05) is 0 Å². The summed E-state index contributed by atoms with van der Waals surface area (Å²) in [6.45, 7) is 1.49. The van der Waals surface area contributed by atoms with Crippen LogP contribution in [0.5, 0.6) is 0 Å². The van der Waals surface area contributed by atoms with Gasteiger partial charge in [0.25, 0.3) is 0 Å². The summed E-state index contributed by atoms with van der Waals surface area (Å²) >= 11 is 3.27. The molecule has 0 aliphatic carbocycles. The molecule has 0 saturated heterocycles. The first-order valence-electron chi connectivity index (χ1n) is 3.91. The maximum atomic E-state index is 4.96. The van der Waals surface area contributed by atoms with Crippen molar-refractivity contribution in [2.45, 2.75) is 0 Å². The second-order valence-corrected chi connectivity index (χ2v) is 3.43. The molecule has 0 spiro atoms. The monoisotopic (exact) mass is 245 g/mol. The van der Waals surface area contributed by atoms with Gasteiger partial charge in [0.1, 0.15) is 10.4 Å². The number of aromatic nitrogens is 2. The van der Waals surface area contributed by atoms with Gasteiger partial charge in [0.2, 0.25) is 0 Å². The van der Waals surface area contributed by atoms with Crippen molar-refractivity contribution in [2.75, 3.05) is 32.2 Å². The van der Waals surface area contributed by atoms with Gasteiger partial charge < -0.3 is 9.64 Å². The molecule has 4 nitrogen and oxygen atoms in total. The van der Waals surface area contributed by atoms with Gasteiger partial charge in [-0.2, -0.15) is 0 Å². The number of hydrogen-bond acceptors (Lipinski definition) is 4. The highest BCUT2D eigenvalue weighted by atomic mass is 79.9. The summed E-state index contributed by atoms with van der Waals surface area (Å²) in [5, 5.41) is 0. The Balaban J connectivity index is 2.60. The largest absolute Gasteiger partial charge is 0.383 e. The molecule has 0 bridgehead atoms. The average Bonchev–Trinajstić information content (AvgIpc) is 2.14. The van der Waals surface area contributed by atoms with E-state index in [4.69, 9.17) is 4.74 Å². The minimum absolute atomic E-state index is 0.685.